The number of rotatable bonds is 7. The third-order valence-electron chi connectivity index (χ3n) is 4.06. The van der Waals surface area contributed by atoms with Crippen molar-refractivity contribution in [3.8, 4) is 0 Å². The Hall–Kier alpha value is -1.96. The zero-order chi connectivity index (χ0) is 17.3. The van der Waals surface area contributed by atoms with Crippen molar-refractivity contribution in [2.75, 3.05) is 38.6 Å². The van der Waals surface area contributed by atoms with Crippen molar-refractivity contribution < 1.29 is 9.53 Å². The van der Waals surface area contributed by atoms with Gasteiger partial charge in [-0.1, -0.05) is 17.8 Å². The summed E-state index contributed by atoms with van der Waals surface area (Å²) in [5.41, 5.74) is 1.16. The number of carbonyl (C=O) groups is 1. The number of ether oxygens (including phenoxy) is 1. The second kappa shape index (κ2) is 9.50. The minimum atomic E-state index is 0.0166. The van der Waals surface area contributed by atoms with Crippen molar-refractivity contribution >= 4 is 17.7 Å². The van der Waals surface area contributed by atoms with Crippen LogP contribution in [-0.4, -0.2) is 59.4 Å². The van der Waals surface area contributed by atoms with Gasteiger partial charge < -0.3 is 10.1 Å². The van der Waals surface area contributed by atoms with E-state index < -0.39 is 0 Å². The summed E-state index contributed by atoms with van der Waals surface area (Å²) < 4.78 is 5.45. The molecule has 1 amide bonds. The fourth-order valence-corrected chi connectivity index (χ4v) is 3.46. The fraction of sp³-hybridized carbons (Fsp3) is 0.389. The van der Waals surface area contributed by atoms with Crippen molar-refractivity contribution in [2.45, 2.75) is 11.1 Å². The molecule has 1 unspecified atom stereocenters. The van der Waals surface area contributed by atoms with Crippen molar-refractivity contribution in [1.82, 2.24) is 20.2 Å². The Morgan fingerprint density at radius 3 is 2.72 bits per heavy atom. The maximum Gasteiger partial charge on any atom is 0.230 e. The van der Waals surface area contributed by atoms with Gasteiger partial charge in [0.15, 0.2) is 0 Å². The van der Waals surface area contributed by atoms with E-state index in [0.29, 0.717) is 12.3 Å². The molecule has 7 heteroatoms. The minimum Gasteiger partial charge on any atom is -0.379 e. The fourth-order valence-electron chi connectivity index (χ4n) is 2.77. The molecule has 2 aromatic heterocycles. The number of aromatic nitrogens is 2. The van der Waals surface area contributed by atoms with E-state index in [1.165, 1.54) is 11.8 Å². The number of nitrogens with zero attached hydrogens (tertiary/aromatic N) is 3. The highest BCUT2D eigenvalue weighted by atomic mass is 32.2. The Balaban J connectivity index is 1.55. The second-order valence-corrected chi connectivity index (χ2v) is 6.70. The van der Waals surface area contributed by atoms with Crippen LogP contribution in [0.3, 0.4) is 0 Å². The molecule has 1 aliphatic heterocycles. The highest BCUT2D eigenvalue weighted by molar-refractivity contribution is 7.99. The van der Waals surface area contributed by atoms with Gasteiger partial charge in [0, 0.05) is 38.2 Å². The van der Waals surface area contributed by atoms with Gasteiger partial charge in [0.1, 0.15) is 0 Å². The van der Waals surface area contributed by atoms with Crippen LogP contribution < -0.4 is 5.32 Å². The molecule has 0 spiro atoms. The van der Waals surface area contributed by atoms with Gasteiger partial charge >= 0.3 is 0 Å². The Morgan fingerprint density at radius 1 is 1.20 bits per heavy atom. The summed E-state index contributed by atoms with van der Waals surface area (Å²) in [6.45, 7) is 3.76. The van der Waals surface area contributed by atoms with Gasteiger partial charge in [0.05, 0.1) is 30.0 Å². The average Bonchev–Trinajstić information content (AvgIpc) is 2.69. The standard InChI is InChI=1S/C18H22N4O2S/c23-17(14-25-18-3-1-2-6-20-18)21-13-16(15-4-7-19-8-5-15)22-9-11-24-12-10-22/h1-8,16H,9-14H2,(H,21,23). The molecule has 1 saturated heterocycles. The summed E-state index contributed by atoms with van der Waals surface area (Å²) in [7, 11) is 0. The first-order valence-corrected chi connectivity index (χ1v) is 9.34. The largest absolute Gasteiger partial charge is 0.379 e. The summed E-state index contributed by atoms with van der Waals surface area (Å²) in [6.07, 6.45) is 5.32. The summed E-state index contributed by atoms with van der Waals surface area (Å²) in [5.74, 6) is 0.381. The Bertz CT molecular complexity index is 651. The predicted octanol–water partition coefficient (Wildman–Crippen LogP) is 1.76. The lowest BCUT2D eigenvalue weighted by atomic mass is 10.1. The van der Waals surface area contributed by atoms with Gasteiger partial charge in [0.25, 0.3) is 0 Å². The van der Waals surface area contributed by atoms with Crippen molar-refractivity contribution in [1.29, 1.82) is 0 Å². The van der Waals surface area contributed by atoms with E-state index in [0.717, 1.165) is 36.9 Å². The lowest BCUT2D eigenvalue weighted by molar-refractivity contribution is -0.118. The molecule has 3 rings (SSSR count). The normalized spacial score (nSPS) is 16.3. The molecule has 1 aliphatic rings. The number of amides is 1. The van der Waals surface area contributed by atoms with E-state index in [4.69, 9.17) is 4.74 Å². The van der Waals surface area contributed by atoms with Crippen molar-refractivity contribution in [2.24, 2.45) is 0 Å². The van der Waals surface area contributed by atoms with Crippen LogP contribution in [0.4, 0.5) is 0 Å². The summed E-state index contributed by atoms with van der Waals surface area (Å²) in [5, 5.41) is 3.92. The SMILES string of the molecule is O=C(CSc1ccccn1)NCC(c1ccncc1)N1CCOCC1. The molecule has 132 valence electrons. The first kappa shape index (κ1) is 17.8. The molecular formula is C18H22N4O2S. The van der Waals surface area contributed by atoms with Crippen LogP contribution in [0.1, 0.15) is 11.6 Å². The molecule has 6 nitrogen and oxygen atoms in total. The van der Waals surface area contributed by atoms with Gasteiger partial charge in [0.2, 0.25) is 5.91 Å². The summed E-state index contributed by atoms with van der Waals surface area (Å²) in [4.78, 5) is 22.9. The second-order valence-electron chi connectivity index (χ2n) is 5.71. The lowest BCUT2D eigenvalue weighted by Crippen LogP contribution is -2.44. The first-order valence-electron chi connectivity index (χ1n) is 8.35. The molecule has 0 saturated carbocycles. The maximum absolute atomic E-state index is 12.2. The Kier molecular flexibility index (Phi) is 6.79. The molecular weight excluding hydrogens is 336 g/mol. The van der Waals surface area contributed by atoms with Crippen LogP contribution in [0, 0.1) is 0 Å². The number of hydrogen-bond acceptors (Lipinski definition) is 6. The van der Waals surface area contributed by atoms with Crippen molar-refractivity contribution in [3.63, 3.8) is 0 Å². The maximum atomic E-state index is 12.2. The molecule has 3 heterocycles. The quantitative estimate of drug-likeness (QED) is 0.761. The van der Waals surface area contributed by atoms with E-state index in [1.807, 2.05) is 30.3 Å². The van der Waals surface area contributed by atoms with E-state index in [-0.39, 0.29) is 11.9 Å². The van der Waals surface area contributed by atoms with Crippen LogP contribution in [0.15, 0.2) is 53.9 Å². The summed E-state index contributed by atoms with van der Waals surface area (Å²) >= 11 is 1.44. The Labute approximate surface area is 152 Å². The van der Waals surface area contributed by atoms with E-state index in [9.17, 15) is 4.79 Å². The Morgan fingerprint density at radius 2 is 2.00 bits per heavy atom. The van der Waals surface area contributed by atoms with Crippen LogP contribution in [0.5, 0.6) is 0 Å². The minimum absolute atomic E-state index is 0.0166. The molecule has 0 bridgehead atoms. The van der Waals surface area contributed by atoms with Crippen LogP contribution in [0.25, 0.3) is 0 Å². The lowest BCUT2D eigenvalue weighted by Gasteiger charge is -2.34. The number of thioether (sulfide) groups is 1. The number of nitrogens with one attached hydrogen (secondary N) is 1. The van der Waals surface area contributed by atoms with Crippen molar-refractivity contribution in [3.05, 3.63) is 54.5 Å². The molecule has 1 fully saturated rings. The molecule has 1 atom stereocenters. The highest BCUT2D eigenvalue weighted by Gasteiger charge is 2.23. The molecule has 0 aliphatic carbocycles. The average molecular weight is 358 g/mol. The van der Waals surface area contributed by atoms with Gasteiger partial charge in [-0.05, 0) is 29.8 Å². The van der Waals surface area contributed by atoms with E-state index in [2.05, 4.69) is 20.2 Å². The predicted molar refractivity (Wildman–Crippen MR) is 97.3 cm³/mol. The number of pyridine rings is 2. The van der Waals surface area contributed by atoms with Gasteiger partial charge in [-0.25, -0.2) is 4.98 Å². The van der Waals surface area contributed by atoms with Gasteiger partial charge in [-0.15, -0.1) is 0 Å². The van der Waals surface area contributed by atoms with Crippen LogP contribution in [0.2, 0.25) is 0 Å². The van der Waals surface area contributed by atoms with E-state index >= 15 is 0 Å². The number of hydrogen-bond donors (Lipinski definition) is 1. The van der Waals surface area contributed by atoms with Crippen LogP contribution in [-0.2, 0) is 9.53 Å². The van der Waals surface area contributed by atoms with Gasteiger partial charge in [-0.2, -0.15) is 0 Å². The molecule has 2 aromatic rings. The smallest absolute Gasteiger partial charge is 0.230 e. The zero-order valence-corrected chi connectivity index (χ0v) is 14.8. The topological polar surface area (TPSA) is 67.4 Å². The molecule has 25 heavy (non-hydrogen) atoms. The molecule has 1 N–H and O–H groups in total. The first-order chi connectivity index (χ1) is 12.3. The third kappa shape index (κ3) is 5.52. The van der Waals surface area contributed by atoms with Gasteiger partial charge in [-0.3, -0.25) is 14.7 Å². The highest BCUT2D eigenvalue weighted by Crippen LogP contribution is 2.21. The number of carbonyl (C=O) groups excluding carboxylic acids is 1. The molecule has 0 radical (unpaired) electrons. The molecule has 0 aromatic carbocycles. The zero-order valence-electron chi connectivity index (χ0n) is 14.0. The monoisotopic (exact) mass is 358 g/mol. The summed E-state index contributed by atoms with van der Waals surface area (Å²) in [6, 6.07) is 9.85. The van der Waals surface area contributed by atoms with Crippen LogP contribution >= 0.6 is 11.8 Å². The van der Waals surface area contributed by atoms with E-state index in [1.54, 1.807) is 18.6 Å². The third-order valence-corrected chi connectivity index (χ3v) is 5.00. The number of morpholine rings is 1.